The van der Waals surface area contributed by atoms with E-state index in [-0.39, 0.29) is 11.9 Å². The van der Waals surface area contributed by atoms with Crippen molar-refractivity contribution >= 4 is 63.5 Å². The third kappa shape index (κ3) is 3.19. The van der Waals surface area contributed by atoms with Gasteiger partial charge in [-0.15, -0.1) is 0 Å². The molecule has 1 atom stereocenters. The van der Waals surface area contributed by atoms with Crippen LogP contribution in [0.1, 0.15) is 25.8 Å². The predicted octanol–water partition coefficient (Wildman–Crippen LogP) is 4.99. The molecule has 106 valence electrons. The molecule has 1 heterocycles. The van der Waals surface area contributed by atoms with Gasteiger partial charge in [0.05, 0.1) is 15.0 Å². The summed E-state index contributed by atoms with van der Waals surface area (Å²) in [4.78, 5) is 14.7. The molecule has 0 unspecified atom stereocenters. The van der Waals surface area contributed by atoms with Crippen LogP contribution in [0, 0.1) is 0 Å². The maximum absolute atomic E-state index is 12.4. The molecule has 1 aliphatic rings. The first-order chi connectivity index (χ1) is 9.43. The van der Waals surface area contributed by atoms with Crippen LogP contribution in [0.5, 0.6) is 0 Å². The van der Waals surface area contributed by atoms with E-state index in [9.17, 15) is 4.79 Å². The van der Waals surface area contributed by atoms with Gasteiger partial charge in [-0.05, 0) is 37.1 Å². The van der Waals surface area contributed by atoms with Crippen molar-refractivity contribution in [3.05, 3.63) is 38.7 Å². The first-order valence-electron chi connectivity index (χ1n) is 6.16. The lowest BCUT2D eigenvalue weighted by molar-refractivity contribution is -0.123. The summed E-state index contributed by atoms with van der Waals surface area (Å²) in [6, 6.07) is 5.39. The SMILES string of the molecule is CC[C@@H](C)N1C(=O)/C(=C/c2ccc(Cl)c(Cl)c2)SC1=S. The number of nitrogens with zero attached hydrogens (tertiary/aromatic N) is 1. The van der Waals surface area contributed by atoms with E-state index in [1.165, 1.54) is 11.8 Å². The Morgan fingerprint density at radius 2 is 2.10 bits per heavy atom. The third-order valence-electron chi connectivity index (χ3n) is 3.10. The van der Waals surface area contributed by atoms with Crippen LogP contribution < -0.4 is 0 Å². The number of amides is 1. The van der Waals surface area contributed by atoms with Crippen molar-refractivity contribution in [2.75, 3.05) is 0 Å². The van der Waals surface area contributed by atoms with Crippen molar-refractivity contribution in [1.82, 2.24) is 4.90 Å². The zero-order chi connectivity index (χ0) is 14.9. The minimum Gasteiger partial charge on any atom is -0.290 e. The zero-order valence-corrected chi connectivity index (χ0v) is 14.2. The molecule has 0 aliphatic carbocycles. The second-order valence-electron chi connectivity index (χ2n) is 4.48. The van der Waals surface area contributed by atoms with Crippen LogP contribution in [0.25, 0.3) is 6.08 Å². The molecule has 0 saturated carbocycles. The van der Waals surface area contributed by atoms with Crippen molar-refractivity contribution in [3.63, 3.8) is 0 Å². The van der Waals surface area contributed by atoms with Gasteiger partial charge in [-0.25, -0.2) is 0 Å². The lowest BCUT2D eigenvalue weighted by Crippen LogP contribution is -2.36. The lowest BCUT2D eigenvalue weighted by atomic mass is 10.2. The van der Waals surface area contributed by atoms with Crippen LogP contribution in [0.2, 0.25) is 10.0 Å². The minimum atomic E-state index is -0.0413. The average Bonchev–Trinajstić information content (AvgIpc) is 2.68. The molecule has 2 rings (SSSR count). The van der Waals surface area contributed by atoms with Crippen LogP contribution in [-0.2, 0) is 4.79 Å². The van der Waals surface area contributed by atoms with E-state index < -0.39 is 0 Å². The highest BCUT2D eigenvalue weighted by Crippen LogP contribution is 2.35. The highest BCUT2D eigenvalue weighted by atomic mass is 35.5. The molecule has 0 spiro atoms. The molecule has 0 radical (unpaired) electrons. The van der Waals surface area contributed by atoms with Gasteiger partial charge >= 0.3 is 0 Å². The van der Waals surface area contributed by atoms with E-state index in [0.29, 0.717) is 19.3 Å². The summed E-state index contributed by atoms with van der Waals surface area (Å²) in [7, 11) is 0. The summed E-state index contributed by atoms with van der Waals surface area (Å²) in [5.41, 5.74) is 0.837. The van der Waals surface area contributed by atoms with Crippen LogP contribution in [0.15, 0.2) is 23.1 Å². The maximum Gasteiger partial charge on any atom is 0.266 e. The van der Waals surface area contributed by atoms with E-state index in [1.807, 2.05) is 19.9 Å². The van der Waals surface area contributed by atoms with Gasteiger partial charge in [0, 0.05) is 6.04 Å². The average molecular weight is 346 g/mol. The Morgan fingerprint density at radius 1 is 1.40 bits per heavy atom. The fourth-order valence-corrected chi connectivity index (χ4v) is 3.56. The van der Waals surface area contributed by atoms with Gasteiger partial charge in [-0.3, -0.25) is 9.69 Å². The number of thiocarbonyl (C=S) groups is 1. The van der Waals surface area contributed by atoms with E-state index in [1.54, 1.807) is 23.1 Å². The third-order valence-corrected chi connectivity index (χ3v) is 5.17. The molecule has 20 heavy (non-hydrogen) atoms. The highest BCUT2D eigenvalue weighted by Gasteiger charge is 2.34. The van der Waals surface area contributed by atoms with Crippen LogP contribution in [-0.4, -0.2) is 21.2 Å². The molecule has 1 aromatic rings. The van der Waals surface area contributed by atoms with Crippen molar-refractivity contribution < 1.29 is 4.79 Å². The number of hydrogen-bond acceptors (Lipinski definition) is 3. The number of thioether (sulfide) groups is 1. The van der Waals surface area contributed by atoms with Crippen LogP contribution in [0.4, 0.5) is 0 Å². The number of carbonyl (C=O) groups excluding carboxylic acids is 1. The number of benzene rings is 1. The second-order valence-corrected chi connectivity index (χ2v) is 6.97. The van der Waals surface area contributed by atoms with E-state index in [0.717, 1.165) is 12.0 Å². The first kappa shape index (κ1) is 15.8. The summed E-state index contributed by atoms with van der Waals surface area (Å²) >= 11 is 18.5. The standard InChI is InChI=1S/C14H13Cl2NOS2/c1-3-8(2)17-13(18)12(20-14(17)19)7-9-4-5-10(15)11(16)6-9/h4-8H,3H2,1-2H3/b12-7-/t8-/m1/s1. The van der Waals surface area contributed by atoms with Gasteiger partial charge in [-0.2, -0.15) is 0 Å². The normalized spacial score (nSPS) is 19.0. The molecule has 1 saturated heterocycles. The molecule has 0 bridgehead atoms. The van der Waals surface area contributed by atoms with Crippen LogP contribution in [0.3, 0.4) is 0 Å². The molecule has 1 aromatic carbocycles. The van der Waals surface area contributed by atoms with Gasteiger partial charge in [0.1, 0.15) is 4.32 Å². The first-order valence-corrected chi connectivity index (χ1v) is 8.14. The quantitative estimate of drug-likeness (QED) is 0.568. The molecule has 2 nitrogen and oxygen atoms in total. The molecule has 1 fully saturated rings. The summed E-state index contributed by atoms with van der Waals surface area (Å²) in [5.74, 6) is -0.0413. The highest BCUT2D eigenvalue weighted by molar-refractivity contribution is 8.26. The van der Waals surface area contributed by atoms with Gasteiger partial charge in [0.25, 0.3) is 5.91 Å². The lowest BCUT2D eigenvalue weighted by Gasteiger charge is -2.21. The van der Waals surface area contributed by atoms with Crippen molar-refractivity contribution in [2.45, 2.75) is 26.3 Å². The van der Waals surface area contributed by atoms with Gasteiger partial charge in [-0.1, -0.05) is 60.2 Å². The molecule has 6 heteroatoms. The molecule has 0 N–H and O–H groups in total. The molecule has 0 aromatic heterocycles. The fraction of sp³-hybridized carbons (Fsp3) is 0.286. The number of rotatable bonds is 3. The summed E-state index contributed by atoms with van der Waals surface area (Å²) in [6.45, 7) is 4.03. The van der Waals surface area contributed by atoms with E-state index in [2.05, 4.69) is 0 Å². The van der Waals surface area contributed by atoms with Crippen molar-refractivity contribution in [3.8, 4) is 0 Å². The number of halogens is 2. The van der Waals surface area contributed by atoms with E-state index in [4.69, 9.17) is 35.4 Å². The van der Waals surface area contributed by atoms with Crippen molar-refractivity contribution in [2.24, 2.45) is 0 Å². The summed E-state index contributed by atoms with van der Waals surface area (Å²) in [5, 5.41) is 0.966. The summed E-state index contributed by atoms with van der Waals surface area (Å²) < 4.78 is 0.607. The Balaban J connectivity index is 2.30. The Labute approximate surface area is 138 Å². The Kier molecular flexibility index (Phi) is 5.13. The van der Waals surface area contributed by atoms with Crippen LogP contribution >= 0.6 is 47.2 Å². The molecular weight excluding hydrogens is 333 g/mol. The number of carbonyl (C=O) groups is 1. The van der Waals surface area contributed by atoms with Gasteiger partial charge in [0.2, 0.25) is 0 Å². The number of hydrogen-bond donors (Lipinski definition) is 0. The van der Waals surface area contributed by atoms with Gasteiger partial charge < -0.3 is 0 Å². The minimum absolute atomic E-state index is 0.0413. The smallest absolute Gasteiger partial charge is 0.266 e. The summed E-state index contributed by atoms with van der Waals surface area (Å²) in [6.07, 6.45) is 2.66. The Bertz CT molecular complexity index is 601. The molecular formula is C14H13Cl2NOS2. The largest absolute Gasteiger partial charge is 0.290 e. The monoisotopic (exact) mass is 345 g/mol. The zero-order valence-electron chi connectivity index (χ0n) is 11.0. The Hall–Kier alpha value is -0.550. The fourth-order valence-electron chi connectivity index (χ4n) is 1.80. The second kappa shape index (κ2) is 6.48. The van der Waals surface area contributed by atoms with E-state index >= 15 is 0 Å². The molecule has 1 amide bonds. The maximum atomic E-state index is 12.4. The molecule has 1 aliphatic heterocycles. The predicted molar refractivity (Wildman–Crippen MR) is 91.2 cm³/mol. The van der Waals surface area contributed by atoms with Crippen molar-refractivity contribution in [1.29, 1.82) is 0 Å². The topological polar surface area (TPSA) is 20.3 Å². The van der Waals surface area contributed by atoms with Gasteiger partial charge in [0.15, 0.2) is 0 Å². The Morgan fingerprint density at radius 3 is 2.70 bits per heavy atom.